The predicted octanol–water partition coefficient (Wildman–Crippen LogP) is 2.09. The average molecular weight is 280 g/mol. The number of esters is 2. The smallest absolute Gasteiger partial charge is 0.307 e. The molecular formula is C14H20N2O4. The summed E-state index contributed by atoms with van der Waals surface area (Å²) in [7, 11) is 0. The SMILES string of the molecule is CC(CC(=O)OC(C)(C)C#N)CC(=O)OC(C)(C)C#N. The first kappa shape index (κ1) is 17.9. The van der Waals surface area contributed by atoms with Gasteiger partial charge in [0.2, 0.25) is 0 Å². The molecule has 0 aromatic heterocycles. The summed E-state index contributed by atoms with van der Waals surface area (Å²) in [5.74, 6) is -1.38. The minimum atomic E-state index is -1.18. The molecule has 0 aromatic carbocycles. The highest BCUT2D eigenvalue weighted by molar-refractivity contribution is 5.74. The summed E-state index contributed by atoms with van der Waals surface area (Å²) in [5.41, 5.74) is -2.36. The molecule has 6 heteroatoms. The first-order valence-electron chi connectivity index (χ1n) is 6.27. The van der Waals surface area contributed by atoms with Crippen molar-refractivity contribution in [2.24, 2.45) is 5.92 Å². The third-order valence-corrected chi connectivity index (χ3v) is 2.31. The summed E-state index contributed by atoms with van der Waals surface area (Å²) in [6.07, 6.45) is 0.0143. The van der Waals surface area contributed by atoms with E-state index in [1.807, 2.05) is 12.1 Å². The predicted molar refractivity (Wildman–Crippen MR) is 70.0 cm³/mol. The van der Waals surface area contributed by atoms with E-state index in [0.29, 0.717) is 0 Å². The van der Waals surface area contributed by atoms with Crippen LogP contribution in [-0.2, 0) is 19.1 Å². The van der Waals surface area contributed by atoms with E-state index >= 15 is 0 Å². The van der Waals surface area contributed by atoms with Crippen LogP contribution in [0.25, 0.3) is 0 Å². The Balaban J connectivity index is 4.29. The molecule has 110 valence electrons. The topological polar surface area (TPSA) is 100 Å². The maximum Gasteiger partial charge on any atom is 0.307 e. The van der Waals surface area contributed by atoms with Crippen molar-refractivity contribution in [1.82, 2.24) is 0 Å². The lowest BCUT2D eigenvalue weighted by molar-refractivity contribution is -0.155. The highest BCUT2D eigenvalue weighted by Gasteiger charge is 2.26. The second kappa shape index (κ2) is 6.91. The normalized spacial score (nSPS) is 11.4. The van der Waals surface area contributed by atoms with Crippen molar-refractivity contribution in [2.45, 2.75) is 58.7 Å². The van der Waals surface area contributed by atoms with Gasteiger partial charge in [-0.3, -0.25) is 9.59 Å². The van der Waals surface area contributed by atoms with Crippen LogP contribution in [0.2, 0.25) is 0 Å². The zero-order chi connectivity index (χ0) is 16.0. The zero-order valence-electron chi connectivity index (χ0n) is 12.5. The molecule has 6 nitrogen and oxygen atoms in total. The van der Waals surface area contributed by atoms with Crippen LogP contribution in [0.4, 0.5) is 0 Å². The van der Waals surface area contributed by atoms with Crippen LogP contribution in [0.5, 0.6) is 0 Å². The highest BCUT2D eigenvalue weighted by atomic mass is 16.6. The molecule has 0 saturated carbocycles. The Labute approximate surface area is 119 Å². The van der Waals surface area contributed by atoms with Crippen LogP contribution in [-0.4, -0.2) is 23.1 Å². The van der Waals surface area contributed by atoms with Crippen LogP contribution in [0, 0.1) is 28.6 Å². The lowest BCUT2D eigenvalue weighted by atomic mass is 10.0. The largest absolute Gasteiger partial charge is 0.444 e. The second-order valence-corrected chi connectivity index (χ2v) is 5.71. The molecule has 0 unspecified atom stereocenters. The van der Waals surface area contributed by atoms with E-state index in [0.717, 1.165) is 0 Å². The van der Waals surface area contributed by atoms with Gasteiger partial charge >= 0.3 is 11.9 Å². The van der Waals surface area contributed by atoms with Crippen molar-refractivity contribution in [3.8, 4) is 12.1 Å². The van der Waals surface area contributed by atoms with E-state index in [2.05, 4.69) is 0 Å². The fourth-order valence-electron chi connectivity index (χ4n) is 1.34. The van der Waals surface area contributed by atoms with Gasteiger partial charge in [0.1, 0.15) is 12.1 Å². The summed E-state index contributed by atoms with van der Waals surface area (Å²) < 4.78 is 9.91. The van der Waals surface area contributed by atoms with Gasteiger partial charge in [0.15, 0.2) is 11.2 Å². The van der Waals surface area contributed by atoms with Crippen LogP contribution in [0.3, 0.4) is 0 Å². The van der Waals surface area contributed by atoms with Crippen molar-refractivity contribution < 1.29 is 19.1 Å². The number of carbonyl (C=O) groups excluding carboxylic acids is 2. The third-order valence-electron chi connectivity index (χ3n) is 2.31. The molecule has 0 N–H and O–H groups in total. The molecule has 20 heavy (non-hydrogen) atoms. The monoisotopic (exact) mass is 280 g/mol. The zero-order valence-corrected chi connectivity index (χ0v) is 12.5. The first-order chi connectivity index (χ1) is 9.01. The van der Waals surface area contributed by atoms with Gasteiger partial charge in [-0.1, -0.05) is 6.92 Å². The Kier molecular flexibility index (Phi) is 6.19. The Morgan fingerprint density at radius 3 is 1.50 bits per heavy atom. The number of hydrogen-bond donors (Lipinski definition) is 0. The second-order valence-electron chi connectivity index (χ2n) is 5.71. The summed E-state index contributed by atoms with van der Waals surface area (Å²) in [6, 6.07) is 3.71. The molecule has 0 heterocycles. The van der Waals surface area contributed by atoms with Gasteiger partial charge in [-0.05, 0) is 33.6 Å². The molecule has 0 saturated heterocycles. The third kappa shape index (κ3) is 7.38. The number of carbonyl (C=O) groups is 2. The Hall–Kier alpha value is -2.08. The van der Waals surface area contributed by atoms with Gasteiger partial charge in [0, 0.05) is 12.8 Å². The Morgan fingerprint density at radius 1 is 0.950 bits per heavy atom. The lowest BCUT2D eigenvalue weighted by Gasteiger charge is -2.20. The summed E-state index contributed by atoms with van der Waals surface area (Å²) >= 11 is 0. The van der Waals surface area contributed by atoms with E-state index in [1.54, 1.807) is 6.92 Å². The molecule has 0 aliphatic carbocycles. The molecule has 0 aromatic rings. The fourth-order valence-corrected chi connectivity index (χ4v) is 1.34. The first-order valence-corrected chi connectivity index (χ1v) is 6.27. The maximum absolute atomic E-state index is 11.6. The standard InChI is InChI=1S/C14H20N2O4/c1-10(6-11(17)19-13(2,3)8-15)7-12(18)20-14(4,5)9-16/h10H,6-7H2,1-5H3. The molecule has 0 amide bonds. The van der Waals surface area contributed by atoms with Crippen LogP contribution in [0.15, 0.2) is 0 Å². The molecular weight excluding hydrogens is 260 g/mol. The number of nitriles is 2. The minimum Gasteiger partial charge on any atom is -0.444 e. The van der Waals surface area contributed by atoms with Crippen molar-refractivity contribution in [3.05, 3.63) is 0 Å². The minimum absolute atomic E-state index is 0.00714. The number of nitrogens with zero attached hydrogens (tertiary/aromatic N) is 2. The molecule has 0 rings (SSSR count). The Bertz CT molecular complexity index is 413. The van der Waals surface area contributed by atoms with Crippen LogP contribution in [0.1, 0.15) is 47.5 Å². The summed E-state index contributed by atoms with van der Waals surface area (Å²) in [5, 5.41) is 17.5. The summed E-state index contributed by atoms with van der Waals surface area (Å²) in [6.45, 7) is 7.64. The van der Waals surface area contributed by atoms with Gasteiger partial charge in [-0.15, -0.1) is 0 Å². The van der Waals surface area contributed by atoms with E-state index < -0.39 is 23.1 Å². The average Bonchev–Trinajstić information content (AvgIpc) is 2.26. The van der Waals surface area contributed by atoms with Crippen molar-refractivity contribution in [2.75, 3.05) is 0 Å². The van der Waals surface area contributed by atoms with E-state index in [4.69, 9.17) is 20.0 Å². The summed E-state index contributed by atoms with van der Waals surface area (Å²) in [4.78, 5) is 23.1. The quantitative estimate of drug-likeness (QED) is 0.690. The molecule has 0 aliphatic heterocycles. The van der Waals surface area contributed by atoms with Crippen molar-refractivity contribution >= 4 is 11.9 Å². The highest BCUT2D eigenvalue weighted by Crippen LogP contribution is 2.16. The van der Waals surface area contributed by atoms with Crippen LogP contribution >= 0.6 is 0 Å². The van der Waals surface area contributed by atoms with E-state index in [9.17, 15) is 9.59 Å². The maximum atomic E-state index is 11.6. The van der Waals surface area contributed by atoms with Crippen molar-refractivity contribution in [1.29, 1.82) is 10.5 Å². The molecule has 0 spiro atoms. The number of rotatable bonds is 6. The van der Waals surface area contributed by atoms with Gasteiger partial charge in [0.05, 0.1) is 0 Å². The van der Waals surface area contributed by atoms with Gasteiger partial charge in [-0.2, -0.15) is 10.5 Å². The number of hydrogen-bond acceptors (Lipinski definition) is 6. The molecule has 0 radical (unpaired) electrons. The van der Waals surface area contributed by atoms with Gasteiger partial charge < -0.3 is 9.47 Å². The fraction of sp³-hybridized carbons (Fsp3) is 0.714. The molecule has 0 bridgehead atoms. The van der Waals surface area contributed by atoms with E-state index in [-0.39, 0.29) is 18.8 Å². The molecule has 0 atom stereocenters. The van der Waals surface area contributed by atoms with Gasteiger partial charge in [-0.25, -0.2) is 0 Å². The molecule has 0 aliphatic rings. The Morgan fingerprint density at radius 2 is 1.25 bits per heavy atom. The van der Waals surface area contributed by atoms with Gasteiger partial charge in [0.25, 0.3) is 0 Å². The number of ether oxygens (including phenoxy) is 2. The lowest BCUT2D eigenvalue weighted by Crippen LogP contribution is -2.29. The van der Waals surface area contributed by atoms with Crippen molar-refractivity contribution in [3.63, 3.8) is 0 Å². The van der Waals surface area contributed by atoms with E-state index in [1.165, 1.54) is 27.7 Å². The molecule has 0 fully saturated rings. The van der Waals surface area contributed by atoms with Crippen LogP contribution < -0.4 is 0 Å².